The molecule has 0 fully saturated rings. The van der Waals surface area contributed by atoms with Crippen molar-refractivity contribution in [1.82, 2.24) is 0 Å². The zero-order valence-electron chi connectivity index (χ0n) is 17.2. The van der Waals surface area contributed by atoms with Gasteiger partial charge in [0.15, 0.2) is 0 Å². The number of allylic oxidation sites excluding steroid dienone is 7. The van der Waals surface area contributed by atoms with Crippen LogP contribution in [0.15, 0.2) is 133 Å². The fourth-order valence-electron chi connectivity index (χ4n) is 4.94. The van der Waals surface area contributed by atoms with Gasteiger partial charge >= 0.3 is 0 Å². The maximum atomic E-state index is 2.48. The van der Waals surface area contributed by atoms with Gasteiger partial charge in [-0.15, -0.1) is 0 Å². The monoisotopic (exact) mass is 397 g/mol. The molecule has 148 valence electrons. The van der Waals surface area contributed by atoms with Gasteiger partial charge in [-0.3, -0.25) is 0 Å². The highest BCUT2D eigenvalue weighted by Gasteiger charge is 2.29. The van der Waals surface area contributed by atoms with Crippen molar-refractivity contribution in [1.29, 1.82) is 0 Å². The summed E-state index contributed by atoms with van der Waals surface area (Å²) in [5.74, 6) is 0.699. The third kappa shape index (κ3) is 3.02. The molecule has 0 saturated carbocycles. The van der Waals surface area contributed by atoms with E-state index in [-0.39, 0.29) is 0 Å². The van der Waals surface area contributed by atoms with Gasteiger partial charge in [0.2, 0.25) is 0 Å². The van der Waals surface area contributed by atoms with Crippen molar-refractivity contribution in [3.8, 4) is 0 Å². The molecule has 4 aromatic carbocycles. The van der Waals surface area contributed by atoms with Crippen molar-refractivity contribution in [3.05, 3.63) is 133 Å². The minimum Gasteiger partial charge on any atom is -0.312 e. The van der Waals surface area contributed by atoms with Crippen LogP contribution < -0.4 is 4.90 Å². The lowest BCUT2D eigenvalue weighted by atomic mass is 9.81. The molecule has 0 saturated heterocycles. The molecule has 6 rings (SSSR count). The minimum atomic E-state index is 0.313. The van der Waals surface area contributed by atoms with E-state index in [0.29, 0.717) is 11.8 Å². The van der Waals surface area contributed by atoms with Crippen molar-refractivity contribution in [2.75, 3.05) is 4.90 Å². The Morgan fingerprint density at radius 1 is 0.516 bits per heavy atom. The highest BCUT2D eigenvalue weighted by atomic mass is 15.2. The molecule has 2 aliphatic rings. The third-order valence-corrected chi connectivity index (χ3v) is 6.39. The number of fused-ring (bicyclic) bond motifs is 3. The highest BCUT2D eigenvalue weighted by molar-refractivity contribution is 6.03. The van der Waals surface area contributed by atoms with Crippen molar-refractivity contribution >= 4 is 32.9 Å². The molecule has 0 bridgehead atoms. The first-order chi connectivity index (χ1) is 15.4. The molecule has 0 aliphatic heterocycles. The van der Waals surface area contributed by atoms with Crippen LogP contribution in [0.2, 0.25) is 0 Å². The van der Waals surface area contributed by atoms with Gasteiger partial charge in [0.1, 0.15) is 0 Å². The van der Waals surface area contributed by atoms with E-state index in [4.69, 9.17) is 0 Å². The van der Waals surface area contributed by atoms with Crippen LogP contribution in [-0.4, -0.2) is 0 Å². The molecule has 0 radical (unpaired) electrons. The molecule has 0 amide bonds. The average Bonchev–Trinajstić information content (AvgIpc) is 2.85. The van der Waals surface area contributed by atoms with Crippen molar-refractivity contribution in [2.24, 2.45) is 11.8 Å². The summed E-state index contributed by atoms with van der Waals surface area (Å²) in [6, 6.07) is 30.6. The second-order valence-electron chi connectivity index (χ2n) is 8.18. The molecule has 2 atom stereocenters. The molecule has 4 aromatic rings. The molecular weight excluding hydrogens is 374 g/mol. The maximum Gasteiger partial charge on any atom is 0.0537 e. The second-order valence-corrected chi connectivity index (χ2v) is 8.18. The fourth-order valence-corrected chi connectivity index (χ4v) is 4.94. The van der Waals surface area contributed by atoms with Gasteiger partial charge in [-0.25, -0.2) is 0 Å². The molecule has 1 heteroatoms. The first-order valence-electron chi connectivity index (χ1n) is 10.9. The average molecular weight is 398 g/mol. The van der Waals surface area contributed by atoms with Crippen molar-refractivity contribution in [2.45, 2.75) is 0 Å². The molecule has 2 unspecified atom stereocenters. The number of hydrogen-bond donors (Lipinski definition) is 0. The van der Waals surface area contributed by atoms with E-state index in [1.165, 1.54) is 38.6 Å². The van der Waals surface area contributed by atoms with E-state index in [0.717, 1.165) is 0 Å². The van der Waals surface area contributed by atoms with Crippen LogP contribution >= 0.6 is 0 Å². The summed E-state index contributed by atoms with van der Waals surface area (Å²) in [6.07, 6.45) is 15.8. The van der Waals surface area contributed by atoms with Crippen LogP contribution in [0.5, 0.6) is 0 Å². The topological polar surface area (TPSA) is 3.24 Å². The lowest BCUT2D eigenvalue weighted by molar-refractivity contribution is 0.613. The molecule has 0 aromatic heterocycles. The Labute approximate surface area is 182 Å². The predicted molar refractivity (Wildman–Crippen MR) is 133 cm³/mol. The van der Waals surface area contributed by atoms with Gasteiger partial charge in [-0.05, 0) is 29.0 Å². The Morgan fingerprint density at radius 2 is 1.06 bits per heavy atom. The van der Waals surface area contributed by atoms with Crippen LogP contribution in [0, 0.1) is 11.8 Å². The quantitative estimate of drug-likeness (QED) is 0.339. The standard InChI is InChI=1S/C30H23N/c1-4-16-25-22(10-1)13-7-19-28(25)31(29-20-8-14-23-11-2-5-17-26(23)29)30-21-9-15-24-12-3-6-18-27(24)30/h1-22,25H. The SMILES string of the molecule is C1=CC2C=CC=C(N(c3cccc4ccccc34)c3cccc4ccccc34)C2C=C1. The molecule has 0 N–H and O–H groups in total. The van der Waals surface area contributed by atoms with Crippen LogP contribution in [-0.2, 0) is 0 Å². The van der Waals surface area contributed by atoms with Crippen LogP contribution in [0.3, 0.4) is 0 Å². The molecule has 0 spiro atoms. The lowest BCUT2D eigenvalue weighted by Crippen LogP contribution is -2.28. The van der Waals surface area contributed by atoms with Gasteiger partial charge in [0.25, 0.3) is 0 Å². The molecular formula is C30H23N. The van der Waals surface area contributed by atoms with Gasteiger partial charge < -0.3 is 4.90 Å². The third-order valence-electron chi connectivity index (χ3n) is 6.39. The predicted octanol–water partition coefficient (Wildman–Crippen LogP) is 7.94. The first kappa shape index (κ1) is 18.0. The van der Waals surface area contributed by atoms with Crippen molar-refractivity contribution in [3.63, 3.8) is 0 Å². The van der Waals surface area contributed by atoms with Crippen LogP contribution in [0.25, 0.3) is 21.5 Å². The molecule has 2 aliphatic carbocycles. The largest absolute Gasteiger partial charge is 0.312 e. The van der Waals surface area contributed by atoms with E-state index in [1.54, 1.807) is 0 Å². The second kappa shape index (κ2) is 7.45. The Balaban J connectivity index is 1.65. The molecule has 31 heavy (non-hydrogen) atoms. The van der Waals surface area contributed by atoms with Crippen molar-refractivity contribution < 1.29 is 0 Å². The number of rotatable bonds is 3. The molecule has 1 nitrogen and oxygen atoms in total. The Hall–Kier alpha value is -3.84. The highest BCUT2D eigenvalue weighted by Crippen LogP contribution is 2.44. The number of anilines is 2. The van der Waals surface area contributed by atoms with E-state index in [1.807, 2.05) is 0 Å². The normalized spacial score (nSPS) is 19.4. The zero-order valence-corrected chi connectivity index (χ0v) is 17.2. The smallest absolute Gasteiger partial charge is 0.0537 e. The molecule has 0 heterocycles. The van der Waals surface area contributed by atoms with E-state index in [2.05, 4.69) is 132 Å². The van der Waals surface area contributed by atoms with Crippen LogP contribution in [0.4, 0.5) is 11.4 Å². The Kier molecular flexibility index (Phi) is 4.32. The lowest BCUT2D eigenvalue weighted by Gasteiger charge is -2.37. The summed E-state index contributed by atoms with van der Waals surface area (Å²) >= 11 is 0. The van der Waals surface area contributed by atoms with E-state index in [9.17, 15) is 0 Å². The summed E-state index contributed by atoms with van der Waals surface area (Å²) in [7, 11) is 0. The zero-order chi connectivity index (χ0) is 20.6. The number of hydrogen-bond acceptors (Lipinski definition) is 1. The van der Waals surface area contributed by atoms with Gasteiger partial charge in [0, 0.05) is 28.3 Å². The minimum absolute atomic E-state index is 0.313. The number of nitrogens with zero attached hydrogens (tertiary/aromatic N) is 1. The summed E-state index contributed by atoms with van der Waals surface area (Å²) in [5, 5.41) is 5.04. The van der Waals surface area contributed by atoms with Gasteiger partial charge in [0.05, 0.1) is 11.4 Å². The summed E-state index contributed by atoms with van der Waals surface area (Å²) in [5.41, 5.74) is 3.75. The van der Waals surface area contributed by atoms with E-state index < -0.39 is 0 Å². The maximum absolute atomic E-state index is 2.48. The fraction of sp³-hybridized carbons (Fsp3) is 0.0667. The Morgan fingerprint density at radius 3 is 1.74 bits per heavy atom. The first-order valence-corrected chi connectivity index (χ1v) is 10.9. The summed E-state index contributed by atoms with van der Waals surface area (Å²) < 4.78 is 0. The van der Waals surface area contributed by atoms with Gasteiger partial charge in [-0.2, -0.15) is 0 Å². The number of benzene rings is 4. The summed E-state index contributed by atoms with van der Waals surface area (Å²) in [4.78, 5) is 2.48. The van der Waals surface area contributed by atoms with E-state index >= 15 is 0 Å². The Bertz CT molecular complexity index is 1310. The van der Waals surface area contributed by atoms with Crippen LogP contribution in [0.1, 0.15) is 0 Å². The van der Waals surface area contributed by atoms with Gasteiger partial charge in [-0.1, -0.05) is 109 Å². The summed E-state index contributed by atoms with van der Waals surface area (Å²) in [6.45, 7) is 0.